The van der Waals surface area contributed by atoms with Crippen molar-refractivity contribution in [3.05, 3.63) is 29.8 Å². The molecule has 2 amide bonds. The maximum Gasteiger partial charge on any atom is 0.332 e. The van der Waals surface area contributed by atoms with Gasteiger partial charge in [0.2, 0.25) is 5.91 Å². The minimum Gasteiger partial charge on any atom is -0.479 e. The van der Waals surface area contributed by atoms with Crippen molar-refractivity contribution in [1.82, 2.24) is 4.90 Å². The SMILES string of the molecule is CN(CC(=O)Nc1cc(F)cc(F)c1)C(=O)[C@@H]1CC[C@H](C(=O)O)O1. The van der Waals surface area contributed by atoms with Crippen LogP contribution in [0.15, 0.2) is 18.2 Å². The van der Waals surface area contributed by atoms with Gasteiger partial charge in [-0.2, -0.15) is 0 Å². The van der Waals surface area contributed by atoms with Gasteiger partial charge in [-0.1, -0.05) is 0 Å². The normalized spacial score (nSPS) is 19.8. The number of aliphatic carboxylic acids is 1. The summed E-state index contributed by atoms with van der Waals surface area (Å²) < 4.78 is 31.2. The molecule has 0 unspecified atom stereocenters. The van der Waals surface area contributed by atoms with E-state index in [1.807, 2.05) is 0 Å². The number of likely N-dealkylation sites (N-methyl/N-ethyl adjacent to an activating group) is 1. The summed E-state index contributed by atoms with van der Waals surface area (Å²) in [6, 6.07) is 2.56. The van der Waals surface area contributed by atoms with Gasteiger partial charge in [-0.3, -0.25) is 9.59 Å². The molecule has 1 saturated heterocycles. The summed E-state index contributed by atoms with van der Waals surface area (Å²) in [6.45, 7) is -0.367. The molecule has 24 heavy (non-hydrogen) atoms. The molecule has 2 N–H and O–H groups in total. The first-order valence-electron chi connectivity index (χ1n) is 7.15. The topological polar surface area (TPSA) is 95.9 Å². The summed E-state index contributed by atoms with van der Waals surface area (Å²) in [6.07, 6.45) is -1.49. The van der Waals surface area contributed by atoms with Gasteiger partial charge >= 0.3 is 5.97 Å². The number of benzene rings is 1. The highest BCUT2D eigenvalue weighted by atomic mass is 19.1. The van der Waals surface area contributed by atoms with Crippen molar-refractivity contribution in [2.45, 2.75) is 25.0 Å². The van der Waals surface area contributed by atoms with Gasteiger partial charge in [0.25, 0.3) is 5.91 Å². The summed E-state index contributed by atoms with van der Waals surface area (Å²) in [7, 11) is 1.35. The first kappa shape index (κ1) is 17.8. The van der Waals surface area contributed by atoms with E-state index in [4.69, 9.17) is 9.84 Å². The van der Waals surface area contributed by atoms with E-state index in [0.717, 1.165) is 17.0 Å². The second-order valence-electron chi connectivity index (χ2n) is 5.43. The quantitative estimate of drug-likeness (QED) is 0.832. The first-order chi connectivity index (χ1) is 11.3. The second kappa shape index (κ2) is 7.35. The Balaban J connectivity index is 1.89. The number of nitrogens with one attached hydrogen (secondary N) is 1. The highest BCUT2D eigenvalue weighted by Gasteiger charge is 2.36. The van der Waals surface area contributed by atoms with Crippen LogP contribution in [0, 0.1) is 11.6 Å². The van der Waals surface area contributed by atoms with Crippen LogP contribution >= 0.6 is 0 Å². The molecule has 1 aromatic rings. The van der Waals surface area contributed by atoms with E-state index in [1.54, 1.807) is 0 Å². The summed E-state index contributed by atoms with van der Waals surface area (Å²) in [5.41, 5.74) is -0.0681. The van der Waals surface area contributed by atoms with E-state index in [0.29, 0.717) is 6.07 Å². The van der Waals surface area contributed by atoms with Gasteiger partial charge in [0, 0.05) is 18.8 Å². The summed E-state index contributed by atoms with van der Waals surface area (Å²) in [5, 5.41) is 11.1. The number of carbonyl (C=O) groups excluding carboxylic acids is 2. The van der Waals surface area contributed by atoms with Gasteiger partial charge in [0.1, 0.15) is 17.7 Å². The van der Waals surface area contributed by atoms with E-state index in [1.165, 1.54) is 7.05 Å². The van der Waals surface area contributed by atoms with Crippen LogP contribution in [0.1, 0.15) is 12.8 Å². The molecule has 1 aliphatic rings. The Kier molecular flexibility index (Phi) is 5.45. The standard InChI is InChI=1S/C15H16F2N2O5/c1-19(14(21)11-2-3-12(24-11)15(22)23)7-13(20)18-10-5-8(16)4-9(17)6-10/h4-6,11-12H,2-3,7H2,1H3,(H,18,20)(H,22,23)/t11-,12+/m0/s1. The fourth-order valence-corrected chi connectivity index (χ4v) is 2.37. The zero-order valence-corrected chi connectivity index (χ0v) is 12.8. The molecule has 0 radical (unpaired) electrons. The molecule has 0 bridgehead atoms. The smallest absolute Gasteiger partial charge is 0.332 e. The Morgan fingerprint density at radius 3 is 2.33 bits per heavy atom. The molecule has 2 rings (SSSR count). The van der Waals surface area contributed by atoms with E-state index in [-0.39, 0.29) is 25.1 Å². The summed E-state index contributed by atoms with van der Waals surface area (Å²) >= 11 is 0. The predicted octanol–water partition coefficient (Wildman–Crippen LogP) is 0.994. The molecule has 130 valence electrons. The van der Waals surface area contributed by atoms with E-state index in [2.05, 4.69) is 5.32 Å². The Bertz CT molecular complexity index is 647. The number of nitrogens with zero attached hydrogens (tertiary/aromatic N) is 1. The number of carbonyl (C=O) groups is 3. The van der Waals surface area contributed by atoms with Gasteiger partial charge in [0.15, 0.2) is 6.10 Å². The van der Waals surface area contributed by atoms with Crippen LogP contribution in [0.5, 0.6) is 0 Å². The van der Waals surface area contributed by atoms with Gasteiger partial charge in [-0.15, -0.1) is 0 Å². The molecule has 0 aromatic heterocycles. The van der Waals surface area contributed by atoms with Crippen LogP contribution in [0.4, 0.5) is 14.5 Å². The zero-order valence-electron chi connectivity index (χ0n) is 12.8. The van der Waals surface area contributed by atoms with Crippen LogP contribution in [-0.2, 0) is 19.1 Å². The number of anilines is 1. The lowest BCUT2D eigenvalue weighted by Gasteiger charge is -2.20. The maximum absolute atomic E-state index is 13.1. The van der Waals surface area contributed by atoms with Crippen molar-refractivity contribution in [1.29, 1.82) is 0 Å². The van der Waals surface area contributed by atoms with Crippen molar-refractivity contribution < 1.29 is 33.0 Å². The lowest BCUT2D eigenvalue weighted by atomic mass is 10.2. The number of amides is 2. The maximum atomic E-state index is 13.1. The predicted molar refractivity (Wildman–Crippen MR) is 78.2 cm³/mol. The molecular weight excluding hydrogens is 326 g/mol. The van der Waals surface area contributed by atoms with Crippen molar-refractivity contribution in [2.75, 3.05) is 18.9 Å². The minimum atomic E-state index is -1.14. The highest BCUT2D eigenvalue weighted by molar-refractivity contribution is 5.95. The highest BCUT2D eigenvalue weighted by Crippen LogP contribution is 2.21. The average Bonchev–Trinajstić information content (AvgIpc) is 2.94. The van der Waals surface area contributed by atoms with Crippen LogP contribution in [0.3, 0.4) is 0 Å². The number of hydrogen-bond acceptors (Lipinski definition) is 4. The lowest BCUT2D eigenvalue weighted by Crippen LogP contribution is -2.41. The molecule has 1 fully saturated rings. The molecule has 1 heterocycles. The third kappa shape index (κ3) is 4.48. The van der Waals surface area contributed by atoms with E-state index in [9.17, 15) is 23.2 Å². The minimum absolute atomic E-state index is 0.0681. The fraction of sp³-hybridized carbons (Fsp3) is 0.400. The number of halogens is 2. The van der Waals surface area contributed by atoms with Crippen LogP contribution in [0.2, 0.25) is 0 Å². The van der Waals surface area contributed by atoms with E-state index >= 15 is 0 Å². The van der Waals surface area contributed by atoms with Gasteiger partial charge < -0.3 is 20.1 Å². The van der Waals surface area contributed by atoms with Gasteiger partial charge in [-0.05, 0) is 25.0 Å². The van der Waals surface area contributed by atoms with Crippen LogP contribution < -0.4 is 5.32 Å². The van der Waals surface area contributed by atoms with E-state index < -0.39 is 41.6 Å². The number of ether oxygens (including phenoxy) is 1. The van der Waals surface area contributed by atoms with Gasteiger partial charge in [0.05, 0.1) is 6.54 Å². The molecule has 2 atom stereocenters. The number of carboxylic acids is 1. The van der Waals surface area contributed by atoms with Crippen molar-refractivity contribution in [3.63, 3.8) is 0 Å². The Hall–Kier alpha value is -2.55. The lowest BCUT2D eigenvalue weighted by molar-refractivity contribution is -0.154. The largest absolute Gasteiger partial charge is 0.479 e. The number of carboxylic acid groups (broad SMARTS) is 1. The van der Waals surface area contributed by atoms with Crippen LogP contribution in [-0.4, -0.2) is 53.6 Å². The Labute approximate surface area is 136 Å². The molecule has 0 spiro atoms. The number of rotatable bonds is 5. The third-order valence-corrected chi connectivity index (χ3v) is 3.47. The molecule has 7 nitrogen and oxygen atoms in total. The molecule has 1 aromatic carbocycles. The number of hydrogen-bond donors (Lipinski definition) is 2. The Morgan fingerprint density at radius 2 is 1.79 bits per heavy atom. The monoisotopic (exact) mass is 342 g/mol. The average molecular weight is 342 g/mol. The fourth-order valence-electron chi connectivity index (χ4n) is 2.37. The molecular formula is C15H16F2N2O5. The molecule has 0 aliphatic carbocycles. The van der Waals surface area contributed by atoms with Crippen LogP contribution in [0.25, 0.3) is 0 Å². The Morgan fingerprint density at radius 1 is 1.21 bits per heavy atom. The van der Waals surface area contributed by atoms with Crippen molar-refractivity contribution in [3.8, 4) is 0 Å². The third-order valence-electron chi connectivity index (χ3n) is 3.47. The molecule has 9 heteroatoms. The van der Waals surface area contributed by atoms with Gasteiger partial charge in [-0.25, -0.2) is 13.6 Å². The summed E-state index contributed by atoms with van der Waals surface area (Å²) in [5.74, 6) is -4.00. The zero-order chi connectivity index (χ0) is 17.9. The second-order valence-corrected chi connectivity index (χ2v) is 5.43. The summed E-state index contributed by atoms with van der Waals surface area (Å²) in [4.78, 5) is 35.8. The molecule has 0 saturated carbocycles. The van der Waals surface area contributed by atoms with Crippen molar-refractivity contribution >= 4 is 23.5 Å². The molecule has 1 aliphatic heterocycles. The first-order valence-corrected chi connectivity index (χ1v) is 7.15. The van der Waals surface area contributed by atoms with Crippen molar-refractivity contribution in [2.24, 2.45) is 0 Å².